The van der Waals surface area contributed by atoms with Crippen molar-refractivity contribution in [3.05, 3.63) is 51.8 Å². The molecule has 0 atom stereocenters. The Balaban J connectivity index is 2.46. The number of hydrogen-bond donors (Lipinski definition) is 0. The molecule has 0 fully saturated rings. The molecule has 0 aliphatic rings. The van der Waals surface area contributed by atoms with Gasteiger partial charge in [-0.25, -0.2) is 4.98 Å². The van der Waals surface area contributed by atoms with Crippen LogP contribution in [0.2, 0.25) is 5.15 Å². The molecule has 0 aliphatic heterocycles. The van der Waals surface area contributed by atoms with Crippen molar-refractivity contribution in [1.29, 1.82) is 0 Å². The Morgan fingerprint density at radius 1 is 1.26 bits per heavy atom. The molecule has 7 heteroatoms. The average Bonchev–Trinajstić information content (AvgIpc) is 2.41. The second kappa shape index (κ2) is 5.53. The van der Waals surface area contributed by atoms with E-state index in [1.54, 1.807) is 24.3 Å². The summed E-state index contributed by atoms with van der Waals surface area (Å²) < 4.78 is 10.6. The molecule has 0 N–H and O–H groups in total. The molecule has 6 nitrogen and oxygen atoms in total. The predicted octanol–water partition coefficient (Wildman–Crippen LogP) is 3.44. The van der Waals surface area contributed by atoms with E-state index in [-0.39, 0.29) is 16.6 Å². The maximum absolute atomic E-state index is 10.9. The lowest BCUT2D eigenvalue weighted by molar-refractivity contribution is -0.385. The van der Waals surface area contributed by atoms with Crippen LogP contribution in [0.5, 0.6) is 17.2 Å². The summed E-state index contributed by atoms with van der Waals surface area (Å²) in [5.74, 6) is 0.651. The SMILES string of the molecule is COc1ccccc1Oc1c([N+](=O)[O-])ccnc1Cl. The molecule has 0 saturated heterocycles. The van der Waals surface area contributed by atoms with Crippen LogP contribution >= 0.6 is 11.6 Å². The van der Waals surface area contributed by atoms with E-state index in [9.17, 15) is 10.1 Å². The fraction of sp³-hybridized carbons (Fsp3) is 0.0833. The minimum atomic E-state index is -0.585. The van der Waals surface area contributed by atoms with Gasteiger partial charge in [-0.3, -0.25) is 10.1 Å². The van der Waals surface area contributed by atoms with Crippen molar-refractivity contribution in [1.82, 2.24) is 4.98 Å². The standard InChI is InChI=1S/C12H9ClN2O4/c1-18-9-4-2-3-5-10(9)19-11-8(15(16)17)6-7-14-12(11)13/h2-7H,1H3. The van der Waals surface area contributed by atoms with Crippen LogP contribution in [0.4, 0.5) is 5.69 Å². The summed E-state index contributed by atoms with van der Waals surface area (Å²) in [7, 11) is 1.47. The lowest BCUT2D eigenvalue weighted by Crippen LogP contribution is -1.96. The fourth-order valence-corrected chi connectivity index (χ4v) is 1.66. The van der Waals surface area contributed by atoms with Crippen LogP contribution in [-0.2, 0) is 0 Å². The summed E-state index contributed by atoms with van der Waals surface area (Å²) in [5.41, 5.74) is -0.258. The molecule has 0 unspecified atom stereocenters. The summed E-state index contributed by atoms with van der Waals surface area (Å²) in [6.45, 7) is 0. The molecule has 98 valence electrons. The number of para-hydroxylation sites is 2. The smallest absolute Gasteiger partial charge is 0.316 e. The Hall–Kier alpha value is -2.34. The van der Waals surface area contributed by atoms with Gasteiger partial charge in [0.25, 0.3) is 0 Å². The highest BCUT2D eigenvalue weighted by Crippen LogP contribution is 2.39. The van der Waals surface area contributed by atoms with Gasteiger partial charge in [0.1, 0.15) is 0 Å². The molecule has 0 saturated carbocycles. The van der Waals surface area contributed by atoms with Crippen molar-refractivity contribution >= 4 is 17.3 Å². The first kappa shape index (κ1) is 13.1. The highest BCUT2D eigenvalue weighted by molar-refractivity contribution is 6.31. The van der Waals surface area contributed by atoms with Gasteiger partial charge in [-0.1, -0.05) is 23.7 Å². The van der Waals surface area contributed by atoms with Gasteiger partial charge >= 0.3 is 5.69 Å². The molecule has 0 amide bonds. The first-order chi connectivity index (χ1) is 9.13. The van der Waals surface area contributed by atoms with E-state index in [1.165, 1.54) is 19.4 Å². The molecule has 0 aliphatic carbocycles. The Morgan fingerprint density at radius 2 is 1.95 bits per heavy atom. The van der Waals surface area contributed by atoms with E-state index in [4.69, 9.17) is 21.1 Å². The molecule has 1 aromatic carbocycles. The lowest BCUT2D eigenvalue weighted by atomic mass is 10.3. The van der Waals surface area contributed by atoms with Crippen molar-refractivity contribution < 1.29 is 14.4 Å². The number of ether oxygens (including phenoxy) is 2. The van der Waals surface area contributed by atoms with Crippen LogP contribution in [0.3, 0.4) is 0 Å². The van der Waals surface area contributed by atoms with Crippen LogP contribution in [0.25, 0.3) is 0 Å². The second-order valence-corrected chi connectivity index (χ2v) is 3.82. The Bertz CT molecular complexity index is 618. The van der Waals surface area contributed by atoms with Crippen molar-refractivity contribution in [3.8, 4) is 17.2 Å². The van der Waals surface area contributed by atoms with Gasteiger partial charge in [-0.15, -0.1) is 0 Å². The highest BCUT2D eigenvalue weighted by Gasteiger charge is 2.21. The van der Waals surface area contributed by atoms with Crippen LogP contribution in [0, 0.1) is 10.1 Å². The Labute approximate surface area is 113 Å². The van der Waals surface area contributed by atoms with Crippen LogP contribution < -0.4 is 9.47 Å². The van der Waals surface area contributed by atoms with E-state index in [0.29, 0.717) is 11.5 Å². The second-order valence-electron chi connectivity index (χ2n) is 3.46. The zero-order valence-electron chi connectivity index (χ0n) is 9.87. The number of halogens is 1. The Morgan fingerprint density at radius 3 is 2.58 bits per heavy atom. The molecule has 1 aromatic heterocycles. The molecule has 2 aromatic rings. The van der Waals surface area contributed by atoms with Gasteiger partial charge in [-0.05, 0) is 12.1 Å². The van der Waals surface area contributed by atoms with Crippen LogP contribution in [-0.4, -0.2) is 17.0 Å². The van der Waals surface area contributed by atoms with Gasteiger partial charge in [0.2, 0.25) is 5.75 Å². The average molecular weight is 281 g/mol. The number of rotatable bonds is 4. The summed E-state index contributed by atoms with van der Waals surface area (Å²) >= 11 is 5.84. The third-order valence-corrected chi connectivity index (χ3v) is 2.59. The number of nitro groups is 1. The van der Waals surface area contributed by atoms with Crippen molar-refractivity contribution in [2.75, 3.05) is 7.11 Å². The zero-order chi connectivity index (χ0) is 13.8. The summed E-state index contributed by atoms with van der Waals surface area (Å²) in [4.78, 5) is 14.1. The molecule has 0 spiro atoms. The minimum absolute atomic E-state index is 0.0832. The monoisotopic (exact) mass is 280 g/mol. The quantitative estimate of drug-likeness (QED) is 0.487. The number of pyridine rings is 1. The maximum atomic E-state index is 10.9. The Kier molecular flexibility index (Phi) is 3.82. The van der Waals surface area contributed by atoms with Crippen LogP contribution in [0.15, 0.2) is 36.5 Å². The van der Waals surface area contributed by atoms with Gasteiger partial charge in [0.15, 0.2) is 16.7 Å². The van der Waals surface area contributed by atoms with Crippen molar-refractivity contribution in [2.45, 2.75) is 0 Å². The third kappa shape index (κ3) is 2.74. The largest absolute Gasteiger partial charge is 0.493 e. The summed E-state index contributed by atoms with van der Waals surface area (Å²) in [6, 6.07) is 7.98. The molecule has 0 bridgehead atoms. The van der Waals surface area contributed by atoms with E-state index in [0.717, 1.165) is 0 Å². The number of nitrogens with zero attached hydrogens (tertiary/aromatic N) is 2. The predicted molar refractivity (Wildman–Crippen MR) is 69.0 cm³/mol. The first-order valence-corrected chi connectivity index (χ1v) is 5.61. The number of aromatic nitrogens is 1. The highest BCUT2D eigenvalue weighted by atomic mass is 35.5. The molecule has 1 heterocycles. The fourth-order valence-electron chi connectivity index (χ4n) is 1.46. The topological polar surface area (TPSA) is 74.5 Å². The molecule has 19 heavy (non-hydrogen) atoms. The molecular weight excluding hydrogens is 272 g/mol. The van der Waals surface area contributed by atoms with E-state index in [1.807, 2.05) is 0 Å². The van der Waals surface area contributed by atoms with Crippen molar-refractivity contribution in [2.24, 2.45) is 0 Å². The molecule has 2 rings (SSSR count). The summed E-state index contributed by atoms with van der Waals surface area (Å²) in [5, 5.41) is 10.8. The van der Waals surface area contributed by atoms with E-state index >= 15 is 0 Å². The zero-order valence-corrected chi connectivity index (χ0v) is 10.6. The minimum Gasteiger partial charge on any atom is -0.493 e. The number of methoxy groups -OCH3 is 1. The molecular formula is C12H9ClN2O4. The van der Waals surface area contributed by atoms with Gasteiger partial charge in [0.05, 0.1) is 12.0 Å². The van der Waals surface area contributed by atoms with E-state index < -0.39 is 4.92 Å². The normalized spacial score (nSPS) is 10.0. The van der Waals surface area contributed by atoms with Crippen LogP contribution in [0.1, 0.15) is 0 Å². The van der Waals surface area contributed by atoms with Crippen molar-refractivity contribution in [3.63, 3.8) is 0 Å². The summed E-state index contributed by atoms with van der Waals surface area (Å²) in [6.07, 6.45) is 1.25. The van der Waals surface area contributed by atoms with Gasteiger partial charge < -0.3 is 9.47 Å². The van der Waals surface area contributed by atoms with E-state index in [2.05, 4.69) is 4.98 Å². The maximum Gasteiger partial charge on any atom is 0.316 e. The number of hydrogen-bond acceptors (Lipinski definition) is 5. The first-order valence-electron chi connectivity index (χ1n) is 5.23. The lowest BCUT2D eigenvalue weighted by Gasteiger charge is -2.10. The number of benzene rings is 1. The third-order valence-electron chi connectivity index (χ3n) is 2.32. The van der Waals surface area contributed by atoms with Gasteiger partial charge in [-0.2, -0.15) is 0 Å². The van der Waals surface area contributed by atoms with Gasteiger partial charge in [0, 0.05) is 12.3 Å². The molecule has 0 radical (unpaired) electrons.